The SMILES string of the molecule is Cc1cnnc(N(CC2CCNCC2)C(C)C)c1. The molecule has 1 saturated heterocycles. The lowest BCUT2D eigenvalue weighted by Gasteiger charge is -2.33. The molecule has 4 heteroatoms. The lowest BCUT2D eigenvalue weighted by atomic mass is 9.97. The molecule has 1 aromatic rings. The van der Waals surface area contributed by atoms with Crippen molar-refractivity contribution in [1.29, 1.82) is 0 Å². The standard InChI is InChI=1S/C14H24N4/c1-11(2)18(10-13-4-6-15-7-5-13)14-8-12(3)9-16-17-14/h8-9,11,13,15H,4-7,10H2,1-3H3. The van der Waals surface area contributed by atoms with Crippen molar-refractivity contribution in [3.05, 3.63) is 17.8 Å². The van der Waals surface area contributed by atoms with Gasteiger partial charge in [0.25, 0.3) is 0 Å². The zero-order valence-electron chi connectivity index (χ0n) is 11.7. The minimum Gasteiger partial charge on any atom is -0.352 e. The molecule has 2 rings (SSSR count). The predicted molar refractivity (Wildman–Crippen MR) is 74.8 cm³/mol. The van der Waals surface area contributed by atoms with E-state index in [1.807, 2.05) is 6.20 Å². The fourth-order valence-corrected chi connectivity index (χ4v) is 2.50. The fraction of sp³-hybridized carbons (Fsp3) is 0.714. The Bertz CT molecular complexity index is 372. The molecule has 100 valence electrons. The van der Waals surface area contributed by atoms with E-state index in [9.17, 15) is 0 Å². The summed E-state index contributed by atoms with van der Waals surface area (Å²) >= 11 is 0. The number of hydrogen-bond donors (Lipinski definition) is 1. The van der Waals surface area contributed by atoms with Gasteiger partial charge in [-0.1, -0.05) is 0 Å². The van der Waals surface area contributed by atoms with Crippen LogP contribution in [0.2, 0.25) is 0 Å². The molecular formula is C14H24N4. The number of aryl methyl sites for hydroxylation is 1. The van der Waals surface area contributed by atoms with Crippen LogP contribution in [0.15, 0.2) is 12.3 Å². The van der Waals surface area contributed by atoms with Crippen molar-refractivity contribution in [3.63, 3.8) is 0 Å². The average molecular weight is 248 g/mol. The van der Waals surface area contributed by atoms with E-state index in [4.69, 9.17) is 0 Å². The first kappa shape index (κ1) is 13.3. The zero-order valence-corrected chi connectivity index (χ0v) is 11.7. The Labute approximate surface area is 110 Å². The maximum atomic E-state index is 4.29. The van der Waals surface area contributed by atoms with Gasteiger partial charge in [0.15, 0.2) is 5.82 Å². The van der Waals surface area contributed by atoms with Crippen LogP contribution in [0.5, 0.6) is 0 Å². The summed E-state index contributed by atoms with van der Waals surface area (Å²) in [5.41, 5.74) is 1.18. The van der Waals surface area contributed by atoms with Crippen molar-refractivity contribution in [3.8, 4) is 0 Å². The quantitative estimate of drug-likeness (QED) is 0.885. The normalized spacial score (nSPS) is 17.1. The smallest absolute Gasteiger partial charge is 0.151 e. The van der Waals surface area contributed by atoms with E-state index in [-0.39, 0.29) is 0 Å². The van der Waals surface area contributed by atoms with Crippen LogP contribution in [-0.4, -0.2) is 35.9 Å². The highest BCUT2D eigenvalue weighted by molar-refractivity contribution is 5.40. The molecule has 1 N–H and O–H groups in total. The molecule has 0 spiro atoms. The van der Waals surface area contributed by atoms with Crippen molar-refractivity contribution in [1.82, 2.24) is 15.5 Å². The molecule has 1 fully saturated rings. The molecule has 1 aliphatic heterocycles. The lowest BCUT2D eigenvalue weighted by molar-refractivity contribution is 0.366. The Hall–Kier alpha value is -1.16. The molecule has 0 aromatic carbocycles. The van der Waals surface area contributed by atoms with Crippen LogP contribution in [0.4, 0.5) is 5.82 Å². The molecule has 0 radical (unpaired) electrons. The summed E-state index contributed by atoms with van der Waals surface area (Å²) < 4.78 is 0. The van der Waals surface area contributed by atoms with Gasteiger partial charge in [0.1, 0.15) is 0 Å². The summed E-state index contributed by atoms with van der Waals surface area (Å²) in [7, 11) is 0. The van der Waals surface area contributed by atoms with Crippen LogP contribution in [-0.2, 0) is 0 Å². The van der Waals surface area contributed by atoms with Gasteiger partial charge in [-0.25, -0.2) is 0 Å². The maximum Gasteiger partial charge on any atom is 0.151 e. The van der Waals surface area contributed by atoms with E-state index in [2.05, 4.69) is 47.3 Å². The van der Waals surface area contributed by atoms with Crippen LogP contribution in [0, 0.1) is 12.8 Å². The third kappa shape index (κ3) is 3.42. The van der Waals surface area contributed by atoms with Crippen LogP contribution in [0.25, 0.3) is 0 Å². The molecule has 4 nitrogen and oxygen atoms in total. The number of piperidine rings is 1. The predicted octanol–water partition coefficient (Wildman–Crippen LogP) is 2.00. The van der Waals surface area contributed by atoms with E-state index in [1.165, 1.54) is 18.4 Å². The summed E-state index contributed by atoms with van der Waals surface area (Å²) in [6, 6.07) is 2.60. The number of hydrogen-bond acceptors (Lipinski definition) is 4. The van der Waals surface area contributed by atoms with Crippen LogP contribution < -0.4 is 10.2 Å². The van der Waals surface area contributed by atoms with E-state index in [0.29, 0.717) is 6.04 Å². The summed E-state index contributed by atoms with van der Waals surface area (Å²) in [4.78, 5) is 2.38. The van der Waals surface area contributed by atoms with Crippen molar-refractivity contribution in [2.75, 3.05) is 24.5 Å². The second kappa shape index (κ2) is 6.14. The Morgan fingerprint density at radius 1 is 1.39 bits per heavy atom. The van der Waals surface area contributed by atoms with Crippen LogP contribution >= 0.6 is 0 Å². The van der Waals surface area contributed by atoms with E-state index < -0.39 is 0 Å². The van der Waals surface area contributed by atoms with Gasteiger partial charge < -0.3 is 10.2 Å². The summed E-state index contributed by atoms with van der Waals surface area (Å²) in [5.74, 6) is 1.79. The number of rotatable bonds is 4. The van der Waals surface area contributed by atoms with Gasteiger partial charge in [0.2, 0.25) is 0 Å². The van der Waals surface area contributed by atoms with Gasteiger partial charge in [0.05, 0.1) is 6.20 Å². The summed E-state index contributed by atoms with van der Waals surface area (Å²) in [5, 5.41) is 11.8. The third-order valence-electron chi connectivity index (χ3n) is 3.61. The Morgan fingerprint density at radius 3 is 2.72 bits per heavy atom. The fourth-order valence-electron chi connectivity index (χ4n) is 2.50. The molecule has 2 heterocycles. The number of aromatic nitrogens is 2. The molecule has 0 bridgehead atoms. The molecule has 1 aliphatic rings. The Morgan fingerprint density at radius 2 is 2.11 bits per heavy atom. The summed E-state index contributed by atoms with van der Waals surface area (Å²) in [6.07, 6.45) is 4.34. The van der Waals surface area contributed by atoms with Crippen molar-refractivity contribution in [2.45, 2.75) is 39.7 Å². The number of nitrogens with one attached hydrogen (secondary N) is 1. The first-order valence-electron chi connectivity index (χ1n) is 6.93. The van der Waals surface area contributed by atoms with Crippen molar-refractivity contribution < 1.29 is 0 Å². The molecular weight excluding hydrogens is 224 g/mol. The highest BCUT2D eigenvalue weighted by atomic mass is 15.3. The second-order valence-corrected chi connectivity index (χ2v) is 5.53. The van der Waals surface area contributed by atoms with Crippen LogP contribution in [0.3, 0.4) is 0 Å². The highest BCUT2D eigenvalue weighted by Gasteiger charge is 2.20. The number of anilines is 1. The topological polar surface area (TPSA) is 41.1 Å². The van der Waals surface area contributed by atoms with Crippen LogP contribution in [0.1, 0.15) is 32.3 Å². The lowest BCUT2D eigenvalue weighted by Crippen LogP contribution is -2.40. The minimum absolute atomic E-state index is 0.469. The molecule has 0 amide bonds. The third-order valence-corrected chi connectivity index (χ3v) is 3.61. The Kier molecular flexibility index (Phi) is 4.53. The first-order valence-corrected chi connectivity index (χ1v) is 6.93. The first-order chi connectivity index (χ1) is 8.66. The van der Waals surface area contributed by atoms with Gasteiger partial charge in [-0.3, -0.25) is 0 Å². The van der Waals surface area contributed by atoms with E-state index in [0.717, 1.165) is 31.4 Å². The monoisotopic (exact) mass is 248 g/mol. The summed E-state index contributed by atoms with van der Waals surface area (Å²) in [6.45, 7) is 9.92. The average Bonchev–Trinajstić information content (AvgIpc) is 2.37. The minimum atomic E-state index is 0.469. The van der Waals surface area contributed by atoms with E-state index >= 15 is 0 Å². The van der Waals surface area contributed by atoms with Gasteiger partial charge in [-0.2, -0.15) is 5.10 Å². The van der Waals surface area contributed by atoms with E-state index in [1.54, 1.807) is 0 Å². The zero-order chi connectivity index (χ0) is 13.0. The molecule has 1 aromatic heterocycles. The molecule has 0 unspecified atom stereocenters. The second-order valence-electron chi connectivity index (χ2n) is 5.53. The van der Waals surface area contributed by atoms with Crippen molar-refractivity contribution in [2.24, 2.45) is 5.92 Å². The molecule has 18 heavy (non-hydrogen) atoms. The largest absolute Gasteiger partial charge is 0.352 e. The van der Waals surface area contributed by atoms with Gasteiger partial charge in [-0.05, 0) is 64.3 Å². The molecule has 0 aliphatic carbocycles. The Balaban J connectivity index is 2.07. The van der Waals surface area contributed by atoms with Gasteiger partial charge in [0, 0.05) is 12.6 Å². The van der Waals surface area contributed by atoms with Gasteiger partial charge in [-0.15, -0.1) is 5.10 Å². The molecule has 0 atom stereocenters. The van der Waals surface area contributed by atoms with Gasteiger partial charge >= 0.3 is 0 Å². The van der Waals surface area contributed by atoms with Crippen molar-refractivity contribution >= 4 is 5.82 Å². The number of nitrogens with zero attached hydrogens (tertiary/aromatic N) is 3. The maximum absolute atomic E-state index is 4.29. The molecule has 0 saturated carbocycles. The highest BCUT2D eigenvalue weighted by Crippen LogP contribution is 2.20.